The monoisotopic (exact) mass is 704 g/mol. The molecule has 1 aliphatic carbocycles. The summed E-state index contributed by atoms with van der Waals surface area (Å²) < 4.78 is 6.63. The van der Waals surface area contributed by atoms with Crippen molar-refractivity contribution in [1.82, 2.24) is 15.0 Å². The van der Waals surface area contributed by atoms with E-state index in [0.29, 0.717) is 29.0 Å². The summed E-state index contributed by atoms with van der Waals surface area (Å²) in [5.41, 5.74) is 10.6. The lowest BCUT2D eigenvalue weighted by Gasteiger charge is -2.15. The molecule has 0 saturated carbocycles. The molecule has 1 unspecified atom stereocenters. The Kier molecular flexibility index (Phi) is 7.93. The van der Waals surface area contributed by atoms with E-state index < -0.39 is 0 Å². The topological polar surface area (TPSA) is 75.6 Å². The van der Waals surface area contributed by atoms with Crippen molar-refractivity contribution in [2.45, 2.75) is 12.3 Å². The highest BCUT2D eigenvalue weighted by Gasteiger charge is 2.19. The highest BCUT2D eigenvalue weighted by Crippen LogP contribution is 2.43. The van der Waals surface area contributed by atoms with Crippen LogP contribution in [-0.4, -0.2) is 15.0 Å². The number of allylic oxidation sites excluding steroid dienone is 4. The first-order valence-electron chi connectivity index (χ1n) is 18.4. The number of nitriles is 1. The van der Waals surface area contributed by atoms with Gasteiger partial charge in [0.2, 0.25) is 0 Å². The molecule has 0 radical (unpaired) electrons. The predicted octanol–water partition coefficient (Wildman–Crippen LogP) is 12.7. The minimum Gasteiger partial charge on any atom is -0.455 e. The highest BCUT2D eigenvalue weighted by molar-refractivity contribution is 6.22. The lowest BCUT2D eigenvalue weighted by atomic mass is 9.91. The lowest BCUT2D eigenvalue weighted by Crippen LogP contribution is -2.01. The van der Waals surface area contributed by atoms with Crippen LogP contribution in [0.2, 0.25) is 0 Å². The molecule has 0 saturated heterocycles. The number of furan rings is 1. The maximum absolute atomic E-state index is 9.42. The average Bonchev–Trinajstić information content (AvgIpc) is 3.66. The van der Waals surface area contributed by atoms with E-state index in [1.807, 2.05) is 60.7 Å². The van der Waals surface area contributed by atoms with Crippen LogP contribution in [0.15, 0.2) is 180 Å². The van der Waals surface area contributed by atoms with Gasteiger partial charge in [-0.25, -0.2) is 15.0 Å². The van der Waals surface area contributed by atoms with Crippen molar-refractivity contribution in [3.05, 3.63) is 187 Å². The molecule has 0 bridgehead atoms. The first kappa shape index (κ1) is 32.2. The number of hydrogen-bond donors (Lipinski definition) is 0. The second-order valence-corrected chi connectivity index (χ2v) is 13.8. The summed E-state index contributed by atoms with van der Waals surface area (Å²) in [6, 6.07) is 54.0. The molecule has 9 aromatic rings. The van der Waals surface area contributed by atoms with Gasteiger partial charge in [-0.15, -0.1) is 0 Å². The molecule has 0 N–H and O–H groups in total. The number of nitrogens with zero attached hydrogens (tertiary/aromatic N) is 4. The first-order valence-corrected chi connectivity index (χ1v) is 18.4. The Morgan fingerprint density at radius 3 is 1.91 bits per heavy atom. The standard InChI is InChI=1S/C50H32N4O/c51-31-32-21-23-35(24-22-32)43-30-44-46-40(19-10-20-45(46)55-47(44)42-18-8-7-17-41(42)43)34-25-27-37(28-26-34)49-52-48(36-13-5-2-6-14-36)53-50(54-49)39-16-9-15-38(29-39)33-11-3-1-4-12-33/h1-11,13-30,33H,12H2. The van der Waals surface area contributed by atoms with Gasteiger partial charge in [0.25, 0.3) is 0 Å². The van der Waals surface area contributed by atoms with Gasteiger partial charge < -0.3 is 4.42 Å². The van der Waals surface area contributed by atoms with Crippen LogP contribution in [0.4, 0.5) is 0 Å². The largest absolute Gasteiger partial charge is 0.455 e. The number of aromatic nitrogens is 3. The zero-order valence-electron chi connectivity index (χ0n) is 29.7. The van der Waals surface area contributed by atoms with Crippen LogP contribution in [-0.2, 0) is 0 Å². The van der Waals surface area contributed by atoms with Gasteiger partial charge in [-0.2, -0.15) is 5.26 Å². The first-order chi connectivity index (χ1) is 27.2. The van der Waals surface area contributed by atoms with E-state index >= 15 is 0 Å². The Morgan fingerprint density at radius 2 is 1.16 bits per heavy atom. The van der Waals surface area contributed by atoms with Gasteiger partial charge in [0, 0.05) is 38.8 Å². The van der Waals surface area contributed by atoms with Crippen LogP contribution in [0.1, 0.15) is 23.5 Å². The zero-order valence-corrected chi connectivity index (χ0v) is 29.7. The summed E-state index contributed by atoms with van der Waals surface area (Å²) in [6.07, 6.45) is 9.65. The number of hydrogen-bond acceptors (Lipinski definition) is 5. The van der Waals surface area contributed by atoms with Crippen LogP contribution < -0.4 is 0 Å². The van der Waals surface area contributed by atoms with E-state index in [9.17, 15) is 5.26 Å². The van der Waals surface area contributed by atoms with Crippen molar-refractivity contribution < 1.29 is 4.42 Å². The second-order valence-electron chi connectivity index (χ2n) is 13.8. The second kappa shape index (κ2) is 13.5. The smallest absolute Gasteiger partial charge is 0.164 e. The Bertz CT molecular complexity index is 3010. The Hall–Kier alpha value is -7.42. The van der Waals surface area contributed by atoms with Gasteiger partial charge in [0.1, 0.15) is 11.2 Å². The molecule has 258 valence electrons. The fraction of sp³-hybridized carbons (Fsp3) is 0.0400. The van der Waals surface area contributed by atoms with Crippen LogP contribution >= 0.6 is 0 Å². The van der Waals surface area contributed by atoms with Gasteiger partial charge in [-0.05, 0) is 70.0 Å². The summed E-state index contributed by atoms with van der Waals surface area (Å²) in [5.74, 6) is 2.22. The van der Waals surface area contributed by atoms with E-state index in [1.54, 1.807) is 0 Å². The molecule has 10 rings (SSSR count). The summed E-state index contributed by atoms with van der Waals surface area (Å²) >= 11 is 0. The van der Waals surface area contributed by atoms with Gasteiger partial charge in [0.15, 0.2) is 17.5 Å². The third-order valence-electron chi connectivity index (χ3n) is 10.5. The highest BCUT2D eigenvalue weighted by atomic mass is 16.3. The fourth-order valence-corrected chi connectivity index (χ4v) is 7.74. The summed E-state index contributed by atoms with van der Waals surface area (Å²) in [4.78, 5) is 15.0. The number of fused-ring (bicyclic) bond motifs is 5. The molecule has 2 aromatic heterocycles. The maximum atomic E-state index is 9.42. The molecule has 7 aromatic carbocycles. The molecule has 5 nitrogen and oxygen atoms in total. The molecular weight excluding hydrogens is 673 g/mol. The SMILES string of the molecule is N#Cc1ccc(-c2cc3c(oc4cccc(-c5ccc(-c6nc(-c7ccccc7)nc(-c7cccc(C8C=CC=CC8)c7)n6)cc5)c43)c3ccccc23)cc1. The van der Waals surface area contributed by atoms with Crippen molar-refractivity contribution in [3.8, 4) is 62.5 Å². The van der Waals surface area contributed by atoms with E-state index in [4.69, 9.17) is 19.4 Å². The molecule has 5 heteroatoms. The minimum absolute atomic E-state index is 0.325. The van der Waals surface area contributed by atoms with Gasteiger partial charge in [-0.3, -0.25) is 0 Å². The molecule has 1 aliphatic rings. The minimum atomic E-state index is 0.325. The van der Waals surface area contributed by atoms with Crippen molar-refractivity contribution in [1.29, 1.82) is 5.26 Å². The van der Waals surface area contributed by atoms with Crippen molar-refractivity contribution in [2.75, 3.05) is 0 Å². The van der Waals surface area contributed by atoms with Crippen LogP contribution in [0, 0.1) is 11.3 Å². The molecule has 55 heavy (non-hydrogen) atoms. The fourth-order valence-electron chi connectivity index (χ4n) is 7.74. The Labute approximate surface area is 318 Å². The third kappa shape index (κ3) is 5.87. The summed E-state index contributed by atoms with van der Waals surface area (Å²) in [6.45, 7) is 0. The summed E-state index contributed by atoms with van der Waals surface area (Å²) in [5, 5.41) is 13.7. The van der Waals surface area contributed by atoms with E-state index in [0.717, 1.165) is 78.1 Å². The maximum Gasteiger partial charge on any atom is 0.164 e. The number of benzene rings is 7. The van der Waals surface area contributed by atoms with Gasteiger partial charge in [-0.1, -0.05) is 146 Å². The predicted molar refractivity (Wildman–Crippen MR) is 222 cm³/mol. The van der Waals surface area contributed by atoms with Crippen molar-refractivity contribution in [2.24, 2.45) is 0 Å². The molecular formula is C50H32N4O. The van der Waals surface area contributed by atoms with Crippen LogP contribution in [0.25, 0.3) is 89.1 Å². The number of rotatable bonds is 6. The molecule has 1 atom stereocenters. The van der Waals surface area contributed by atoms with Crippen LogP contribution in [0.5, 0.6) is 0 Å². The normalized spacial score (nSPS) is 13.8. The average molecular weight is 705 g/mol. The molecule has 2 heterocycles. The molecule has 0 aliphatic heterocycles. The van der Waals surface area contributed by atoms with E-state index in [-0.39, 0.29) is 0 Å². The molecule has 0 amide bonds. The summed E-state index contributed by atoms with van der Waals surface area (Å²) in [7, 11) is 0. The van der Waals surface area contributed by atoms with Gasteiger partial charge in [0.05, 0.1) is 11.6 Å². The lowest BCUT2D eigenvalue weighted by molar-refractivity contribution is 0.673. The molecule has 0 fully saturated rings. The van der Waals surface area contributed by atoms with E-state index in [2.05, 4.69) is 121 Å². The Morgan fingerprint density at radius 1 is 0.527 bits per heavy atom. The quantitative estimate of drug-likeness (QED) is 0.172. The zero-order chi connectivity index (χ0) is 36.7. The van der Waals surface area contributed by atoms with Crippen LogP contribution in [0.3, 0.4) is 0 Å². The third-order valence-corrected chi connectivity index (χ3v) is 10.5. The molecule has 0 spiro atoms. The van der Waals surface area contributed by atoms with Gasteiger partial charge >= 0.3 is 0 Å². The van der Waals surface area contributed by atoms with E-state index in [1.165, 1.54) is 5.56 Å². The van der Waals surface area contributed by atoms with Crippen molar-refractivity contribution in [3.63, 3.8) is 0 Å². The Balaban J connectivity index is 1.08. The van der Waals surface area contributed by atoms with Crippen molar-refractivity contribution >= 4 is 32.7 Å².